The lowest BCUT2D eigenvalue weighted by Crippen LogP contribution is -2.25. The number of carbonyl (C=O) groups is 2. The Morgan fingerprint density at radius 2 is 1.91 bits per heavy atom. The molecule has 3 heterocycles. The van der Waals surface area contributed by atoms with Gasteiger partial charge in [-0.2, -0.15) is 0 Å². The molecule has 1 aliphatic rings. The van der Waals surface area contributed by atoms with Crippen LogP contribution in [0.2, 0.25) is 0 Å². The van der Waals surface area contributed by atoms with Crippen LogP contribution in [-0.2, 0) is 22.4 Å². The molecule has 34 heavy (non-hydrogen) atoms. The zero-order chi connectivity index (χ0) is 24.2. The van der Waals surface area contributed by atoms with Gasteiger partial charge < -0.3 is 19.3 Å². The summed E-state index contributed by atoms with van der Waals surface area (Å²) in [5.41, 5.74) is 4.04. The van der Waals surface area contributed by atoms with Gasteiger partial charge >= 0.3 is 5.97 Å². The van der Waals surface area contributed by atoms with Crippen LogP contribution < -0.4 is 14.5 Å². The van der Waals surface area contributed by atoms with E-state index in [1.165, 1.54) is 7.11 Å². The molecule has 0 atom stereocenters. The topological polar surface area (TPSA) is 84.9 Å². The second-order valence-corrected chi connectivity index (χ2v) is 8.12. The Balaban J connectivity index is 1.50. The lowest BCUT2D eigenvalue weighted by molar-refractivity contribution is -0.139. The lowest BCUT2D eigenvalue weighted by atomic mass is 10.1. The van der Waals surface area contributed by atoms with Crippen LogP contribution in [-0.4, -0.2) is 49.2 Å². The summed E-state index contributed by atoms with van der Waals surface area (Å²) in [5.74, 6) is 1.69. The first kappa shape index (κ1) is 23.2. The van der Waals surface area contributed by atoms with Crippen LogP contribution in [0.3, 0.4) is 0 Å². The van der Waals surface area contributed by atoms with Crippen molar-refractivity contribution in [3.63, 3.8) is 0 Å². The number of nitrogens with zero attached hydrogens (tertiary/aromatic N) is 4. The number of aromatic nitrogens is 2. The fourth-order valence-electron chi connectivity index (χ4n) is 4.06. The first-order valence-electron chi connectivity index (χ1n) is 11.2. The second kappa shape index (κ2) is 9.91. The number of carbonyl (C=O) groups excluding carboxylic acids is 2. The molecule has 4 rings (SSSR count). The van der Waals surface area contributed by atoms with Gasteiger partial charge in [-0.1, -0.05) is 12.1 Å². The lowest BCUT2D eigenvalue weighted by Gasteiger charge is -2.22. The highest BCUT2D eigenvalue weighted by molar-refractivity contribution is 6.12. The Hall–Kier alpha value is -3.94. The number of amides is 1. The maximum atomic E-state index is 13.3. The van der Waals surface area contributed by atoms with Crippen molar-refractivity contribution in [1.82, 2.24) is 9.97 Å². The molecule has 0 bridgehead atoms. The number of ether oxygens (including phenoxy) is 2. The van der Waals surface area contributed by atoms with E-state index >= 15 is 0 Å². The molecule has 3 aromatic rings. The molecule has 0 saturated carbocycles. The number of methoxy groups -OCH3 is 1. The molecule has 0 aliphatic carbocycles. The summed E-state index contributed by atoms with van der Waals surface area (Å²) in [6, 6.07) is 11.3. The average Bonchev–Trinajstić information content (AvgIpc) is 2.93. The highest BCUT2D eigenvalue weighted by atomic mass is 16.5. The van der Waals surface area contributed by atoms with Crippen molar-refractivity contribution in [2.75, 3.05) is 37.1 Å². The molecule has 0 radical (unpaired) electrons. The van der Waals surface area contributed by atoms with Gasteiger partial charge in [0.25, 0.3) is 5.91 Å². The van der Waals surface area contributed by atoms with Crippen molar-refractivity contribution in [3.05, 3.63) is 71.0 Å². The summed E-state index contributed by atoms with van der Waals surface area (Å²) in [5, 5.41) is 0. The normalized spacial score (nSPS) is 12.6. The van der Waals surface area contributed by atoms with Crippen LogP contribution in [0.4, 0.5) is 17.3 Å². The van der Waals surface area contributed by atoms with E-state index in [1.807, 2.05) is 55.1 Å². The summed E-state index contributed by atoms with van der Waals surface area (Å²) in [6.07, 6.45) is 4.34. The molecule has 0 saturated heterocycles. The number of hydrogen-bond acceptors (Lipinski definition) is 7. The zero-order valence-corrected chi connectivity index (χ0v) is 19.9. The van der Waals surface area contributed by atoms with Crippen molar-refractivity contribution >= 4 is 29.2 Å². The number of fused-ring (bicyclic) bond motifs is 2. The predicted molar refractivity (Wildman–Crippen MR) is 130 cm³/mol. The maximum absolute atomic E-state index is 13.3. The van der Waals surface area contributed by atoms with E-state index in [0.29, 0.717) is 36.8 Å². The maximum Gasteiger partial charge on any atom is 0.309 e. The largest absolute Gasteiger partial charge is 0.493 e. The highest BCUT2D eigenvalue weighted by Gasteiger charge is 2.30. The highest BCUT2D eigenvalue weighted by Crippen LogP contribution is 2.37. The molecule has 176 valence electrons. The van der Waals surface area contributed by atoms with Crippen molar-refractivity contribution in [3.8, 4) is 5.75 Å². The van der Waals surface area contributed by atoms with Crippen LogP contribution in [0.1, 0.15) is 34.0 Å². The molecule has 1 amide bonds. The fourth-order valence-corrected chi connectivity index (χ4v) is 4.06. The van der Waals surface area contributed by atoms with E-state index in [9.17, 15) is 9.59 Å². The summed E-state index contributed by atoms with van der Waals surface area (Å²) in [7, 11) is 3.14. The van der Waals surface area contributed by atoms with Gasteiger partial charge in [0.15, 0.2) is 5.82 Å². The molecular weight excluding hydrogens is 432 g/mol. The quantitative estimate of drug-likeness (QED) is 0.495. The van der Waals surface area contributed by atoms with E-state index in [2.05, 4.69) is 9.97 Å². The number of aryl methyl sites for hydroxylation is 1. The Labute approximate surface area is 199 Å². The number of anilines is 3. The minimum atomic E-state index is -0.274. The van der Waals surface area contributed by atoms with Gasteiger partial charge in [0.1, 0.15) is 11.6 Å². The van der Waals surface area contributed by atoms with Crippen molar-refractivity contribution < 1.29 is 19.1 Å². The third kappa shape index (κ3) is 4.57. The van der Waals surface area contributed by atoms with Gasteiger partial charge in [0.05, 0.1) is 31.4 Å². The molecule has 8 nitrogen and oxygen atoms in total. The summed E-state index contributed by atoms with van der Waals surface area (Å²) < 4.78 is 10.7. The predicted octanol–water partition coefficient (Wildman–Crippen LogP) is 3.87. The van der Waals surface area contributed by atoms with Crippen molar-refractivity contribution in [2.24, 2.45) is 0 Å². The molecule has 0 fully saturated rings. The number of pyridine rings is 2. The Morgan fingerprint density at radius 1 is 1.09 bits per heavy atom. The first-order valence-corrected chi connectivity index (χ1v) is 11.2. The molecule has 0 N–H and O–H groups in total. The van der Waals surface area contributed by atoms with Crippen LogP contribution in [0.25, 0.3) is 0 Å². The van der Waals surface area contributed by atoms with Gasteiger partial charge in [-0.05, 0) is 54.8 Å². The van der Waals surface area contributed by atoms with E-state index in [0.717, 1.165) is 28.1 Å². The van der Waals surface area contributed by atoms with Crippen LogP contribution >= 0.6 is 0 Å². The smallest absolute Gasteiger partial charge is 0.309 e. The minimum Gasteiger partial charge on any atom is -0.493 e. The summed E-state index contributed by atoms with van der Waals surface area (Å²) in [6.45, 7) is 5.03. The van der Waals surface area contributed by atoms with Crippen LogP contribution in [0.15, 0.2) is 48.8 Å². The van der Waals surface area contributed by atoms with Gasteiger partial charge in [-0.15, -0.1) is 0 Å². The van der Waals surface area contributed by atoms with E-state index < -0.39 is 0 Å². The number of benzene rings is 1. The Morgan fingerprint density at radius 3 is 2.65 bits per heavy atom. The third-order valence-electron chi connectivity index (χ3n) is 5.88. The Bertz CT molecular complexity index is 1230. The summed E-state index contributed by atoms with van der Waals surface area (Å²) >= 11 is 0. The van der Waals surface area contributed by atoms with Gasteiger partial charge in [0, 0.05) is 32.4 Å². The number of esters is 1. The third-order valence-corrected chi connectivity index (χ3v) is 5.88. The molecular formula is C26H28N4O4. The Kier molecular flexibility index (Phi) is 6.77. The molecule has 0 unspecified atom stereocenters. The van der Waals surface area contributed by atoms with E-state index in [-0.39, 0.29) is 18.3 Å². The zero-order valence-electron chi connectivity index (χ0n) is 19.9. The molecule has 0 spiro atoms. The van der Waals surface area contributed by atoms with Crippen molar-refractivity contribution in [2.45, 2.75) is 26.7 Å². The van der Waals surface area contributed by atoms with E-state index in [4.69, 9.17) is 9.47 Å². The summed E-state index contributed by atoms with van der Waals surface area (Å²) in [4.78, 5) is 37.5. The SMILES string of the molecule is CCN1c2ncc(CCOc3ccc(CC(=O)OC)cc3C)cc2C(=O)N(C)c2cccnc21. The fraction of sp³-hybridized carbons (Fsp3) is 0.308. The standard InChI is InChI=1S/C26H28N4O4/c1-5-30-24-20(26(32)29(3)21-7-6-11-27-25(21)30)14-19(16-28-24)10-12-34-22-9-8-18(13-17(22)2)15-23(31)33-4/h6-9,11,13-14,16H,5,10,12,15H2,1-4H3. The van der Waals surface area contributed by atoms with Crippen LogP contribution in [0.5, 0.6) is 5.75 Å². The van der Waals surface area contributed by atoms with Gasteiger partial charge in [-0.3, -0.25) is 9.59 Å². The van der Waals surface area contributed by atoms with Gasteiger partial charge in [0.2, 0.25) is 0 Å². The second-order valence-electron chi connectivity index (χ2n) is 8.12. The average molecular weight is 461 g/mol. The first-order chi connectivity index (χ1) is 16.4. The molecule has 1 aliphatic heterocycles. The number of rotatable bonds is 7. The van der Waals surface area contributed by atoms with Gasteiger partial charge in [-0.25, -0.2) is 9.97 Å². The number of hydrogen-bond donors (Lipinski definition) is 0. The van der Waals surface area contributed by atoms with E-state index in [1.54, 1.807) is 24.3 Å². The van der Waals surface area contributed by atoms with Crippen molar-refractivity contribution in [1.29, 1.82) is 0 Å². The molecule has 8 heteroatoms. The van der Waals surface area contributed by atoms with Crippen LogP contribution in [0, 0.1) is 6.92 Å². The molecule has 2 aromatic heterocycles. The monoisotopic (exact) mass is 460 g/mol. The minimum absolute atomic E-state index is 0.118. The molecule has 1 aromatic carbocycles.